The molecule has 2 N–H and O–H groups in total. The molecular weight excluding hydrogens is 407 g/mol. The lowest BCUT2D eigenvalue weighted by atomic mass is 10.1. The third-order valence-electron chi connectivity index (χ3n) is 4.75. The van der Waals surface area contributed by atoms with Crippen molar-refractivity contribution in [3.8, 4) is 5.75 Å². The van der Waals surface area contributed by atoms with Gasteiger partial charge in [-0.15, -0.1) is 0 Å². The van der Waals surface area contributed by atoms with Crippen LogP contribution in [0.15, 0.2) is 82.6 Å². The Morgan fingerprint density at radius 3 is 2.27 bits per heavy atom. The molecule has 1 aliphatic rings. The molecule has 0 radical (unpaired) electrons. The predicted octanol–water partition coefficient (Wildman–Crippen LogP) is 3.78. The summed E-state index contributed by atoms with van der Waals surface area (Å²) in [6, 6.07) is 17.7. The van der Waals surface area contributed by atoms with E-state index >= 15 is 0 Å². The fourth-order valence-electron chi connectivity index (χ4n) is 3.22. The first-order valence-corrected chi connectivity index (χ1v) is 10.8. The molecule has 0 saturated carbocycles. The van der Waals surface area contributed by atoms with E-state index in [1.54, 1.807) is 0 Å². The number of nitrogens with one attached hydrogen (secondary N) is 2. The highest BCUT2D eigenvalue weighted by Gasteiger charge is 2.22. The highest BCUT2D eigenvalue weighted by atomic mass is 32.2. The van der Waals surface area contributed by atoms with Crippen molar-refractivity contribution in [2.45, 2.75) is 22.3 Å². The first-order chi connectivity index (χ1) is 14.4. The summed E-state index contributed by atoms with van der Waals surface area (Å²) in [6.07, 6.45) is 0.600. The molecule has 1 heterocycles. The molecule has 2 amide bonds. The zero-order valence-corrected chi connectivity index (χ0v) is 16.7. The zero-order chi connectivity index (χ0) is 21.1. The van der Waals surface area contributed by atoms with Gasteiger partial charge in [0, 0.05) is 12.1 Å². The van der Waals surface area contributed by atoms with E-state index in [1.807, 2.05) is 24.3 Å². The summed E-state index contributed by atoms with van der Waals surface area (Å²) >= 11 is 0. The van der Waals surface area contributed by atoms with Crippen LogP contribution in [0.2, 0.25) is 0 Å². The number of amides is 2. The lowest BCUT2D eigenvalue weighted by molar-refractivity contribution is 0.219. The third kappa shape index (κ3) is 4.28. The smallest absolute Gasteiger partial charge is 0.319 e. The van der Waals surface area contributed by atoms with Gasteiger partial charge in [-0.2, -0.15) is 0 Å². The van der Waals surface area contributed by atoms with E-state index in [2.05, 4.69) is 10.6 Å². The summed E-state index contributed by atoms with van der Waals surface area (Å²) in [4.78, 5) is 12.2. The van der Waals surface area contributed by atoms with Crippen LogP contribution >= 0.6 is 0 Å². The first-order valence-electron chi connectivity index (χ1n) is 9.32. The predicted molar refractivity (Wildman–Crippen MR) is 110 cm³/mol. The number of ether oxygens (including phenoxy) is 1. The van der Waals surface area contributed by atoms with Crippen LogP contribution in [-0.4, -0.2) is 27.1 Å². The number of urea groups is 1. The van der Waals surface area contributed by atoms with E-state index in [0.717, 1.165) is 29.9 Å². The number of para-hydroxylation sites is 1. The maximum atomic E-state index is 13.0. The van der Waals surface area contributed by atoms with Gasteiger partial charge in [-0.1, -0.05) is 18.2 Å². The first kappa shape index (κ1) is 19.9. The molecule has 1 atom stereocenters. The maximum absolute atomic E-state index is 13.0. The summed E-state index contributed by atoms with van der Waals surface area (Å²) in [7, 11) is -3.76. The Hall–Kier alpha value is -3.39. The van der Waals surface area contributed by atoms with Crippen LogP contribution < -0.4 is 15.4 Å². The van der Waals surface area contributed by atoms with E-state index in [9.17, 15) is 17.6 Å². The van der Waals surface area contributed by atoms with E-state index in [0.29, 0.717) is 12.2 Å². The topological polar surface area (TPSA) is 84.5 Å². The zero-order valence-electron chi connectivity index (χ0n) is 15.8. The SMILES string of the molecule is O=C(NCC1Cc2ccccc2O1)Nc1ccc(S(=O)(=O)c2ccc(F)cc2)cc1. The van der Waals surface area contributed by atoms with E-state index in [1.165, 1.54) is 36.4 Å². The molecule has 6 nitrogen and oxygen atoms in total. The van der Waals surface area contributed by atoms with Crippen molar-refractivity contribution in [3.63, 3.8) is 0 Å². The second-order valence-electron chi connectivity index (χ2n) is 6.87. The quantitative estimate of drug-likeness (QED) is 0.608. The van der Waals surface area contributed by atoms with Gasteiger partial charge >= 0.3 is 6.03 Å². The normalized spacial score (nSPS) is 15.2. The Kier molecular flexibility index (Phi) is 5.41. The van der Waals surface area contributed by atoms with Gasteiger partial charge in [0.2, 0.25) is 9.84 Å². The summed E-state index contributed by atoms with van der Waals surface area (Å²) in [5.74, 6) is 0.328. The van der Waals surface area contributed by atoms with E-state index < -0.39 is 21.7 Å². The maximum Gasteiger partial charge on any atom is 0.319 e. The van der Waals surface area contributed by atoms with Crippen molar-refractivity contribution in [1.29, 1.82) is 0 Å². The van der Waals surface area contributed by atoms with Crippen LogP contribution in [0.25, 0.3) is 0 Å². The van der Waals surface area contributed by atoms with Crippen LogP contribution in [-0.2, 0) is 16.3 Å². The number of carbonyl (C=O) groups is 1. The number of halogens is 1. The van der Waals surface area contributed by atoms with Gasteiger partial charge in [0.1, 0.15) is 17.7 Å². The van der Waals surface area contributed by atoms with Gasteiger partial charge < -0.3 is 15.4 Å². The van der Waals surface area contributed by atoms with Crippen molar-refractivity contribution in [2.75, 3.05) is 11.9 Å². The van der Waals surface area contributed by atoms with Gasteiger partial charge in [0.05, 0.1) is 16.3 Å². The van der Waals surface area contributed by atoms with Gasteiger partial charge in [-0.25, -0.2) is 17.6 Å². The number of sulfone groups is 1. The fourth-order valence-corrected chi connectivity index (χ4v) is 4.48. The van der Waals surface area contributed by atoms with Crippen LogP contribution in [0, 0.1) is 5.82 Å². The molecule has 1 aliphatic heterocycles. The van der Waals surface area contributed by atoms with E-state index in [-0.39, 0.29) is 15.9 Å². The molecule has 0 aliphatic carbocycles. The van der Waals surface area contributed by atoms with Crippen LogP contribution in [0.4, 0.5) is 14.9 Å². The minimum Gasteiger partial charge on any atom is -0.488 e. The number of rotatable bonds is 5. The van der Waals surface area contributed by atoms with Crippen molar-refractivity contribution in [3.05, 3.63) is 84.2 Å². The molecule has 3 aromatic rings. The van der Waals surface area contributed by atoms with Crippen LogP contribution in [0.1, 0.15) is 5.56 Å². The molecule has 0 bridgehead atoms. The molecule has 30 heavy (non-hydrogen) atoms. The summed E-state index contributed by atoms with van der Waals surface area (Å²) in [5.41, 5.74) is 1.56. The molecule has 1 unspecified atom stereocenters. The standard InChI is InChI=1S/C22H19FN2O4S/c23-16-5-9-19(10-6-16)30(27,28)20-11-7-17(8-12-20)25-22(26)24-14-18-13-15-3-1-2-4-21(15)29-18/h1-12,18H,13-14H2,(H2,24,25,26). The number of fused-ring (bicyclic) bond motifs is 1. The number of anilines is 1. The van der Waals surface area contributed by atoms with Gasteiger partial charge in [-0.05, 0) is 60.2 Å². The average Bonchev–Trinajstić information content (AvgIpc) is 3.16. The Labute approximate surface area is 173 Å². The van der Waals surface area contributed by atoms with Gasteiger partial charge in [-0.3, -0.25) is 0 Å². The molecule has 0 aromatic heterocycles. The number of hydrogen-bond acceptors (Lipinski definition) is 4. The highest BCUT2D eigenvalue weighted by Crippen LogP contribution is 2.27. The van der Waals surface area contributed by atoms with Crippen molar-refractivity contribution in [2.24, 2.45) is 0 Å². The largest absolute Gasteiger partial charge is 0.488 e. The molecule has 0 spiro atoms. The van der Waals surface area contributed by atoms with Crippen molar-refractivity contribution >= 4 is 21.6 Å². The Morgan fingerprint density at radius 2 is 1.60 bits per heavy atom. The second-order valence-corrected chi connectivity index (χ2v) is 8.82. The number of benzene rings is 3. The van der Waals surface area contributed by atoms with Crippen molar-refractivity contribution in [1.82, 2.24) is 5.32 Å². The Morgan fingerprint density at radius 1 is 0.967 bits per heavy atom. The van der Waals surface area contributed by atoms with Crippen LogP contribution in [0.3, 0.4) is 0 Å². The lowest BCUT2D eigenvalue weighted by Gasteiger charge is -2.13. The van der Waals surface area contributed by atoms with Gasteiger partial charge in [0.25, 0.3) is 0 Å². The minimum atomic E-state index is -3.76. The molecular formula is C22H19FN2O4S. The highest BCUT2D eigenvalue weighted by molar-refractivity contribution is 7.91. The van der Waals surface area contributed by atoms with Gasteiger partial charge in [0.15, 0.2) is 0 Å². The fraction of sp³-hybridized carbons (Fsp3) is 0.136. The monoisotopic (exact) mass is 426 g/mol. The summed E-state index contributed by atoms with van der Waals surface area (Å²) < 4.78 is 44.0. The second kappa shape index (κ2) is 8.16. The Balaban J connectivity index is 1.33. The summed E-state index contributed by atoms with van der Waals surface area (Å²) in [5, 5.41) is 5.42. The number of carbonyl (C=O) groups excluding carboxylic acids is 1. The van der Waals surface area contributed by atoms with Crippen molar-refractivity contribution < 1.29 is 22.3 Å². The molecule has 3 aromatic carbocycles. The molecule has 154 valence electrons. The number of hydrogen-bond donors (Lipinski definition) is 2. The third-order valence-corrected chi connectivity index (χ3v) is 6.54. The lowest BCUT2D eigenvalue weighted by Crippen LogP contribution is -2.37. The molecule has 4 rings (SSSR count). The molecule has 0 saturated heterocycles. The van der Waals surface area contributed by atoms with Crippen LogP contribution in [0.5, 0.6) is 5.75 Å². The summed E-state index contributed by atoms with van der Waals surface area (Å²) in [6.45, 7) is 0.345. The minimum absolute atomic E-state index is 0.0000813. The molecule has 0 fully saturated rings. The molecule has 8 heteroatoms. The average molecular weight is 426 g/mol. The Bertz CT molecular complexity index is 1140. The van der Waals surface area contributed by atoms with E-state index in [4.69, 9.17) is 4.74 Å².